The molecular formula is C15H23N5. The van der Waals surface area contributed by atoms with Crippen LogP contribution in [0.25, 0.3) is 0 Å². The first kappa shape index (κ1) is 13.4. The van der Waals surface area contributed by atoms with Gasteiger partial charge in [-0.05, 0) is 25.8 Å². The summed E-state index contributed by atoms with van der Waals surface area (Å²) in [6.07, 6.45) is 11.2. The Morgan fingerprint density at radius 2 is 2.10 bits per heavy atom. The summed E-state index contributed by atoms with van der Waals surface area (Å²) in [7, 11) is 0. The van der Waals surface area contributed by atoms with Gasteiger partial charge in [-0.1, -0.05) is 12.8 Å². The van der Waals surface area contributed by atoms with Gasteiger partial charge in [0, 0.05) is 37.6 Å². The van der Waals surface area contributed by atoms with Crippen LogP contribution in [0.1, 0.15) is 49.9 Å². The van der Waals surface area contributed by atoms with Crippen molar-refractivity contribution in [3.63, 3.8) is 0 Å². The minimum absolute atomic E-state index is 0.615. The lowest BCUT2D eigenvalue weighted by Gasteiger charge is -2.14. The Morgan fingerprint density at radius 1 is 1.25 bits per heavy atom. The summed E-state index contributed by atoms with van der Waals surface area (Å²) in [5.41, 5.74) is 2.53. The lowest BCUT2D eigenvalue weighted by atomic mass is 10.2. The third-order valence-corrected chi connectivity index (χ3v) is 4.07. The zero-order valence-electron chi connectivity index (χ0n) is 12.1. The summed E-state index contributed by atoms with van der Waals surface area (Å²) in [5.74, 6) is 0. The van der Waals surface area contributed by atoms with Crippen LogP contribution in [0.5, 0.6) is 0 Å². The van der Waals surface area contributed by atoms with E-state index in [0.717, 1.165) is 19.6 Å². The van der Waals surface area contributed by atoms with E-state index in [2.05, 4.69) is 39.4 Å². The van der Waals surface area contributed by atoms with Gasteiger partial charge in [-0.25, -0.2) is 0 Å². The summed E-state index contributed by atoms with van der Waals surface area (Å²) in [5, 5.41) is 12.3. The molecule has 0 spiro atoms. The molecule has 108 valence electrons. The average molecular weight is 273 g/mol. The first-order valence-corrected chi connectivity index (χ1v) is 7.61. The van der Waals surface area contributed by atoms with Crippen molar-refractivity contribution in [3.8, 4) is 0 Å². The molecule has 2 aromatic heterocycles. The van der Waals surface area contributed by atoms with Crippen molar-refractivity contribution in [2.45, 2.75) is 58.3 Å². The standard InChI is InChI=1S/C15H23N5/c1-2-19-12-13(10-18-19)9-16-11-15-7-8-17-20(15)14-5-3-4-6-14/h7-8,10,12,14,16H,2-6,9,11H2,1H3. The molecule has 20 heavy (non-hydrogen) atoms. The van der Waals surface area contributed by atoms with E-state index in [9.17, 15) is 0 Å². The summed E-state index contributed by atoms with van der Waals surface area (Å²) in [6, 6.07) is 2.74. The Kier molecular flexibility index (Phi) is 4.16. The molecule has 3 rings (SSSR count). The highest BCUT2D eigenvalue weighted by molar-refractivity contribution is 5.06. The number of hydrogen-bond acceptors (Lipinski definition) is 3. The molecule has 0 radical (unpaired) electrons. The van der Waals surface area contributed by atoms with Crippen LogP contribution in [-0.2, 0) is 19.6 Å². The Morgan fingerprint density at radius 3 is 2.85 bits per heavy atom. The molecule has 1 aliphatic carbocycles. The monoisotopic (exact) mass is 273 g/mol. The Hall–Kier alpha value is -1.62. The molecule has 2 aromatic rings. The quantitative estimate of drug-likeness (QED) is 0.879. The smallest absolute Gasteiger partial charge is 0.0534 e. The van der Waals surface area contributed by atoms with E-state index >= 15 is 0 Å². The Balaban J connectivity index is 1.54. The highest BCUT2D eigenvalue weighted by atomic mass is 15.3. The summed E-state index contributed by atoms with van der Waals surface area (Å²) < 4.78 is 4.18. The van der Waals surface area contributed by atoms with Gasteiger partial charge in [0.05, 0.1) is 17.9 Å². The number of aryl methyl sites for hydroxylation is 1. The molecule has 2 heterocycles. The van der Waals surface area contributed by atoms with E-state index in [4.69, 9.17) is 0 Å². The van der Waals surface area contributed by atoms with Gasteiger partial charge in [0.1, 0.15) is 0 Å². The summed E-state index contributed by atoms with van der Waals surface area (Å²) >= 11 is 0. The van der Waals surface area contributed by atoms with Gasteiger partial charge in [-0.15, -0.1) is 0 Å². The molecule has 1 fully saturated rings. The second-order valence-corrected chi connectivity index (χ2v) is 5.51. The van der Waals surface area contributed by atoms with Crippen molar-refractivity contribution < 1.29 is 0 Å². The zero-order chi connectivity index (χ0) is 13.8. The largest absolute Gasteiger partial charge is 0.307 e. The number of hydrogen-bond donors (Lipinski definition) is 1. The van der Waals surface area contributed by atoms with E-state index in [1.54, 1.807) is 0 Å². The van der Waals surface area contributed by atoms with Crippen molar-refractivity contribution in [2.24, 2.45) is 0 Å². The maximum atomic E-state index is 4.50. The van der Waals surface area contributed by atoms with Gasteiger partial charge in [0.2, 0.25) is 0 Å². The van der Waals surface area contributed by atoms with E-state index in [1.165, 1.54) is 36.9 Å². The van der Waals surface area contributed by atoms with E-state index in [0.29, 0.717) is 6.04 Å². The van der Waals surface area contributed by atoms with Gasteiger partial charge in [0.25, 0.3) is 0 Å². The fourth-order valence-corrected chi connectivity index (χ4v) is 2.96. The maximum absolute atomic E-state index is 4.50. The maximum Gasteiger partial charge on any atom is 0.0534 e. The third kappa shape index (κ3) is 2.93. The molecule has 0 unspecified atom stereocenters. The van der Waals surface area contributed by atoms with Gasteiger partial charge < -0.3 is 5.32 Å². The van der Waals surface area contributed by atoms with Gasteiger partial charge in [-0.2, -0.15) is 10.2 Å². The topological polar surface area (TPSA) is 47.7 Å². The van der Waals surface area contributed by atoms with Crippen molar-refractivity contribution in [1.82, 2.24) is 24.9 Å². The van der Waals surface area contributed by atoms with Crippen LogP contribution in [-0.4, -0.2) is 19.6 Å². The molecule has 0 aromatic carbocycles. The van der Waals surface area contributed by atoms with Crippen molar-refractivity contribution >= 4 is 0 Å². The van der Waals surface area contributed by atoms with Crippen molar-refractivity contribution in [1.29, 1.82) is 0 Å². The Labute approximate surface area is 120 Å². The molecule has 1 N–H and O–H groups in total. The van der Waals surface area contributed by atoms with Crippen LogP contribution in [0.3, 0.4) is 0 Å². The SMILES string of the molecule is CCn1cc(CNCc2ccnn2C2CCCC2)cn1. The lowest BCUT2D eigenvalue weighted by molar-refractivity contribution is 0.442. The minimum atomic E-state index is 0.615. The molecule has 0 saturated heterocycles. The molecule has 0 bridgehead atoms. The van der Waals surface area contributed by atoms with E-state index in [1.807, 2.05) is 17.1 Å². The molecule has 1 aliphatic rings. The van der Waals surface area contributed by atoms with Crippen molar-refractivity contribution in [2.75, 3.05) is 0 Å². The number of nitrogens with one attached hydrogen (secondary N) is 1. The fourth-order valence-electron chi connectivity index (χ4n) is 2.96. The lowest BCUT2D eigenvalue weighted by Crippen LogP contribution is -2.18. The second-order valence-electron chi connectivity index (χ2n) is 5.51. The Bertz CT molecular complexity index is 536. The first-order chi connectivity index (χ1) is 9.86. The van der Waals surface area contributed by atoms with E-state index in [-0.39, 0.29) is 0 Å². The normalized spacial score (nSPS) is 16.1. The van der Waals surface area contributed by atoms with E-state index < -0.39 is 0 Å². The number of nitrogens with zero attached hydrogens (tertiary/aromatic N) is 4. The van der Waals surface area contributed by atoms with Crippen LogP contribution in [0.4, 0.5) is 0 Å². The molecule has 1 saturated carbocycles. The molecule has 0 aliphatic heterocycles. The zero-order valence-corrected chi connectivity index (χ0v) is 12.1. The van der Waals surface area contributed by atoms with Crippen molar-refractivity contribution in [3.05, 3.63) is 35.9 Å². The van der Waals surface area contributed by atoms with Gasteiger partial charge in [-0.3, -0.25) is 9.36 Å². The van der Waals surface area contributed by atoms with Crippen LogP contribution >= 0.6 is 0 Å². The molecule has 0 atom stereocenters. The predicted octanol–water partition coefficient (Wildman–Crippen LogP) is 2.50. The first-order valence-electron chi connectivity index (χ1n) is 7.61. The number of rotatable bonds is 6. The van der Waals surface area contributed by atoms with Crippen LogP contribution in [0.2, 0.25) is 0 Å². The van der Waals surface area contributed by atoms with Crippen LogP contribution < -0.4 is 5.32 Å². The molecule has 5 nitrogen and oxygen atoms in total. The van der Waals surface area contributed by atoms with Crippen LogP contribution in [0, 0.1) is 0 Å². The predicted molar refractivity (Wildman–Crippen MR) is 78.2 cm³/mol. The third-order valence-electron chi connectivity index (χ3n) is 4.07. The molecule has 5 heteroatoms. The number of aromatic nitrogens is 4. The molecular weight excluding hydrogens is 250 g/mol. The van der Waals surface area contributed by atoms with Gasteiger partial charge in [0.15, 0.2) is 0 Å². The highest BCUT2D eigenvalue weighted by Crippen LogP contribution is 2.29. The van der Waals surface area contributed by atoms with Gasteiger partial charge >= 0.3 is 0 Å². The average Bonchev–Trinajstić information content (AvgIpc) is 3.20. The fraction of sp³-hybridized carbons (Fsp3) is 0.600. The highest BCUT2D eigenvalue weighted by Gasteiger charge is 2.19. The van der Waals surface area contributed by atoms with Crippen LogP contribution in [0.15, 0.2) is 24.7 Å². The summed E-state index contributed by atoms with van der Waals surface area (Å²) in [6.45, 7) is 4.75. The summed E-state index contributed by atoms with van der Waals surface area (Å²) in [4.78, 5) is 0. The second kappa shape index (κ2) is 6.22. The minimum Gasteiger partial charge on any atom is -0.307 e. The molecule has 0 amide bonds.